The molecule has 1 aromatic rings. The summed E-state index contributed by atoms with van der Waals surface area (Å²) in [6.07, 6.45) is 0. The molecule has 1 saturated heterocycles. The van der Waals surface area contributed by atoms with Crippen molar-refractivity contribution in [2.75, 3.05) is 18.8 Å². The van der Waals surface area contributed by atoms with Crippen LogP contribution in [0.2, 0.25) is 0 Å². The van der Waals surface area contributed by atoms with Crippen LogP contribution in [-0.2, 0) is 4.79 Å². The monoisotopic (exact) mass is 266 g/mol. The van der Waals surface area contributed by atoms with E-state index in [4.69, 9.17) is 10.8 Å². The first-order chi connectivity index (χ1) is 8.90. The van der Waals surface area contributed by atoms with Gasteiger partial charge in [0.05, 0.1) is 11.5 Å². The average Bonchev–Trinajstić information content (AvgIpc) is 2.70. The molecular weight excluding hydrogens is 251 g/mol. The van der Waals surface area contributed by atoms with Crippen LogP contribution in [0.15, 0.2) is 18.2 Å². The molecule has 2 atom stereocenters. The highest BCUT2D eigenvalue weighted by molar-refractivity contribution is 5.95. The number of likely N-dealkylation sites (tertiary alicyclic amines) is 1. The van der Waals surface area contributed by atoms with E-state index >= 15 is 0 Å². The van der Waals surface area contributed by atoms with E-state index in [1.54, 1.807) is 6.92 Å². The number of carboxylic acid groups (broad SMARTS) is 1. The lowest BCUT2D eigenvalue weighted by Crippen LogP contribution is -2.30. The van der Waals surface area contributed by atoms with Crippen molar-refractivity contribution in [1.29, 1.82) is 0 Å². The van der Waals surface area contributed by atoms with Crippen LogP contribution in [0.1, 0.15) is 17.3 Å². The van der Waals surface area contributed by atoms with Crippen LogP contribution in [0, 0.1) is 17.7 Å². The number of hydrogen-bond donors (Lipinski definition) is 2. The molecule has 2 unspecified atom stereocenters. The Kier molecular flexibility index (Phi) is 3.42. The quantitative estimate of drug-likeness (QED) is 0.788. The number of amides is 1. The molecule has 0 aromatic heterocycles. The van der Waals surface area contributed by atoms with Gasteiger partial charge in [0.25, 0.3) is 5.91 Å². The first-order valence-corrected chi connectivity index (χ1v) is 5.97. The van der Waals surface area contributed by atoms with E-state index in [-0.39, 0.29) is 23.7 Å². The Morgan fingerprint density at radius 2 is 2.11 bits per heavy atom. The number of carboxylic acids is 1. The Labute approximate surface area is 109 Å². The number of benzene rings is 1. The Morgan fingerprint density at radius 1 is 1.42 bits per heavy atom. The van der Waals surface area contributed by atoms with Crippen LogP contribution in [0.3, 0.4) is 0 Å². The number of halogens is 1. The molecule has 1 heterocycles. The molecule has 19 heavy (non-hydrogen) atoms. The van der Waals surface area contributed by atoms with E-state index in [1.165, 1.54) is 17.0 Å². The van der Waals surface area contributed by atoms with Crippen molar-refractivity contribution in [2.24, 2.45) is 11.8 Å². The van der Waals surface area contributed by atoms with Gasteiger partial charge in [-0.1, -0.05) is 6.92 Å². The van der Waals surface area contributed by atoms with Crippen molar-refractivity contribution >= 4 is 17.6 Å². The topological polar surface area (TPSA) is 83.6 Å². The SMILES string of the molecule is CC1CN(C(=O)c2ccc(N)cc2F)CC1C(=O)O. The van der Waals surface area contributed by atoms with Crippen molar-refractivity contribution in [3.8, 4) is 0 Å². The number of nitrogens with two attached hydrogens (primary N) is 1. The lowest BCUT2D eigenvalue weighted by molar-refractivity contribution is -0.142. The Morgan fingerprint density at radius 3 is 2.63 bits per heavy atom. The van der Waals surface area contributed by atoms with Gasteiger partial charge in [-0.2, -0.15) is 0 Å². The third kappa shape index (κ3) is 2.52. The summed E-state index contributed by atoms with van der Waals surface area (Å²) in [7, 11) is 0. The van der Waals surface area contributed by atoms with Crippen LogP contribution in [0.5, 0.6) is 0 Å². The summed E-state index contributed by atoms with van der Waals surface area (Å²) < 4.78 is 13.7. The van der Waals surface area contributed by atoms with Crippen LogP contribution in [-0.4, -0.2) is 35.0 Å². The molecule has 0 bridgehead atoms. The molecule has 6 heteroatoms. The van der Waals surface area contributed by atoms with Gasteiger partial charge in [-0.25, -0.2) is 4.39 Å². The standard InChI is InChI=1S/C13H15FN2O3/c1-7-5-16(6-10(7)13(18)19)12(17)9-3-2-8(15)4-11(9)14/h2-4,7,10H,5-6,15H2,1H3,(H,18,19). The predicted molar refractivity (Wildman–Crippen MR) is 67.0 cm³/mol. The second-order valence-electron chi connectivity index (χ2n) is 4.87. The van der Waals surface area contributed by atoms with Crippen molar-refractivity contribution in [3.63, 3.8) is 0 Å². The first kappa shape index (κ1) is 13.3. The molecule has 0 radical (unpaired) electrons. The summed E-state index contributed by atoms with van der Waals surface area (Å²) in [5.41, 5.74) is 5.59. The fourth-order valence-electron chi connectivity index (χ4n) is 2.33. The van der Waals surface area contributed by atoms with Crippen LogP contribution < -0.4 is 5.73 Å². The predicted octanol–water partition coefficient (Wildman–Crippen LogP) is 1.20. The molecule has 1 fully saturated rings. The average molecular weight is 266 g/mol. The van der Waals surface area contributed by atoms with Gasteiger partial charge in [-0.15, -0.1) is 0 Å². The van der Waals surface area contributed by atoms with Gasteiger partial charge in [-0.05, 0) is 24.1 Å². The van der Waals surface area contributed by atoms with Gasteiger partial charge in [-0.3, -0.25) is 9.59 Å². The van der Waals surface area contributed by atoms with Gasteiger partial charge < -0.3 is 15.7 Å². The number of anilines is 1. The molecule has 0 saturated carbocycles. The maximum absolute atomic E-state index is 13.7. The molecule has 102 valence electrons. The summed E-state index contributed by atoms with van der Waals surface area (Å²) in [5.74, 6) is -2.84. The highest BCUT2D eigenvalue weighted by Gasteiger charge is 2.37. The minimum atomic E-state index is -0.930. The zero-order chi connectivity index (χ0) is 14.2. The molecule has 1 aliphatic rings. The number of aliphatic carboxylic acids is 1. The van der Waals surface area contributed by atoms with Crippen molar-refractivity contribution in [2.45, 2.75) is 6.92 Å². The van der Waals surface area contributed by atoms with E-state index in [0.717, 1.165) is 6.07 Å². The number of carbonyl (C=O) groups excluding carboxylic acids is 1. The number of hydrogen-bond acceptors (Lipinski definition) is 3. The van der Waals surface area contributed by atoms with E-state index in [0.29, 0.717) is 6.54 Å². The van der Waals surface area contributed by atoms with Gasteiger partial charge in [0.1, 0.15) is 5.82 Å². The molecular formula is C13H15FN2O3. The molecule has 0 spiro atoms. The summed E-state index contributed by atoms with van der Waals surface area (Å²) in [5, 5.41) is 9.02. The minimum absolute atomic E-state index is 0.0764. The van der Waals surface area contributed by atoms with Crippen LogP contribution in [0.4, 0.5) is 10.1 Å². The Hall–Kier alpha value is -2.11. The molecule has 3 N–H and O–H groups in total. The van der Waals surface area contributed by atoms with Gasteiger partial charge in [0, 0.05) is 18.8 Å². The van der Waals surface area contributed by atoms with Gasteiger partial charge in [0.2, 0.25) is 0 Å². The van der Waals surface area contributed by atoms with Crippen molar-refractivity contribution in [3.05, 3.63) is 29.6 Å². The van der Waals surface area contributed by atoms with Gasteiger partial charge in [0.15, 0.2) is 0 Å². The number of carbonyl (C=O) groups is 2. The van der Waals surface area contributed by atoms with E-state index < -0.39 is 23.6 Å². The number of nitrogen functional groups attached to an aromatic ring is 1. The summed E-state index contributed by atoms with van der Waals surface area (Å²) in [4.78, 5) is 24.5. The number of nitrogens with zero attached hydrogens (tertiary/aromatic N) is 1. The third-order valence-electron chi connectivity index (χ3n) is 3.44. The van der Waals surface area contributed by atoms with Gasteiger partial charge >= 0.3 is 5.97 Å². The molecule has 0 aliphatic carbocycles. The van der Waals surface area contributed by atoms with Crippen LogP contribution in [0.25, 0.3) is 0 Å². The maximum Gasteiger partial charge on any atom is 0.308 e. The summed E-state index contributed by atoms with van der Waals surface area (Å²) in [6, 6.07) is 3.86. The second-order valence-corrected chi connectivity index (χ2v) is 4.87. The van der Waals surface area contributed by atoms with E-state index in [9.17, 15) is 14.0 Å². The van der Waals surface area contributed by atoms with Crippen LogP contribution >= 0.6 is 0 Å². The Bertz CT molecular complexity index is 533. The smallest absolute Gasteiger partial charge is 0.308 e. The largest absolute Gasteiger partial charge is 0.481 e. The van der Waals surface area contributed by atoms with E-state index in [2.05, 4.69) is 0 Å². The summed E-state index contributed by atoms with van der Waals surface area (Å²) >= 11 is 0. The highest BCUT2D eigenvalue weighted by atomic mass is 19.1. The normalized spacial score (nSPS) is 22.5. The van der Waals surface area contributed by atoms with E-state index in [1.807, 2.05) is 0 Å². The third-order valence-corrected chi connectivity index (χ3v) is 3.44. The zero-order valence-corrected chi connectivity index (χ0v) is 10.5. The summed E-state index contributed by atoms with van der Waals surface area (Å²) in [6.45, 7) is 2.20. The lowest BCUT2D eigenvalue weighted by atomic mass is 9.99. The maximum atomic E-state index is 13.7. The van der Waals surface area contributed by atoms with Crippen molar-refractivity contribution < 1.29 is 19.1 Å². The highest BCUT2D eigenvalue weighted by Crippen LogP contribution is 2.25. The Balaban J connectivity index is 2.19. The number of rotatable bonds is 2. The molecule has 2 rings (SSSR count). The fourth-order valence-corrected chi connectivity index (χ4v) is 2.33. The second kappa shape index (κ2) is 4.87. The molecule has 1 aliphatic heterocycles. The first-order valence-electron chi connectivity index (χ1n) is 5.97. The molecule has 5 nitrogen and oxygen atoms in total. The lowest BCUT2D eigenvalue weighted by Gasteiger charge is -2.16. The fraction of sp³-hybridized carbons (Fsp3) is 0.385. The molecule has 1 aromatic carbocycles. The zero-order valence-electron chi connectivity index (χ0n) is 10.5. The van der Waals surface area contributed by atoms with Crippen molar-refractivity contribution in [1.82, 2.24) is 4.90 Å². The minimum Gasteiger partial charge on any atom is -0.481 e. The molecule has 1 amide bonds.